The van der Waals surface area contributed by atoms with E-state index in [2.05, 4.69) is 37.5 Å². The first-order valence-corrected chi connectivity index (χ1v) is 13.3. The predicted octanol–water partition coefficient (Wildman–Crippen LogP) is 4.51. The van der Waals surface area contributed by atoms with Gasteiger partial charge in [0.2, 0.25) is 5.91 Å². The van der Waals surface area contributed by atoms with Crippen LogP contribution in [-0.4, -0.2) is 61.2 Å². The molecule has 0 radical (unpaired) electrons. The standard InChI is InChI=1S/C29H27F2N9O2/c1-4-26(41)34-19-11-12-40(14-18(19)30)25-10-7-21-28(36-25)29(33-15-32-21)35-20-6-9-24(16(2)27(20)31)42-17-5-8-23-22(13-17)37-38-39(23)3/h4-10,13,15,18-19H,1,11-12,14H2,2-3H3,(H,34,41)(H,32,33,35)/t18-,19-/m1/s1. The summed E-state index contributed by atoms with van der Waals surface area (Å²) in [5, 5.41) is 13.7. The highest BCUT2D eigenvalue weighted by Gasteiger charge is 2.30. The van der Waals surface area contributed by atoms with Gasteiger partial charge in [0.25, 0.3) is 0 Å². The van der Waals surface area contributed by atoms with Crippen molar-refractivity contribution in [1.29, 1.82) is 0 Å². The van der Waals surface area contributed by atoms with Crippen molar-refractivity contribution in [3.05, 3.63) is 72.8 Å². The zero-order valence-corrected chi connectivity index (χ0v) is 22.9. The van der Waals surface area contributed by atoms with E-state index in [1.165, 1.54) is 6.33 Å². The number of aromatic nitrogens is 6. The van der Waals surface area contributed by atoms with E-state index < -0.39 is 23.9 Å². The number of benzene rings is 2. The third-order valence-corrected chi connectivity index (χ3v) is 7.25. The van der Waals surface area contributed by atoms with E-state index in [1.807, 2.05) is 6.07 Å². The van der Waals surface area contributed by atoms with Crippen molar-refractivity contribution in [3.8, 4) is 11.5 Å². The minimum Gasteiger partial charge on any atom is -0.457 e. The molecule has 2 aromatic carbocycles. The summed E-state index contributed by atoms with van der Waals surface area (Å²) in [4.78, 5) is 26.7. The van der Waals surface area contributed by atoms with E-state index in [-0.39, 0.29) is 12.2 Å². The molecule has 0 saturated carbocycles. The number of piperidine rings is 1. The second-order valence-electron chi connectivity index (χ2n) is 9.97. The summed E-state index contributed by atoms with van der Waals surface area (Å²) < 4.78 is 38.0. The quantitative estimate of drug-likeness (QED) is 0.272. The second-order valence-corrected chi connectivity index (χ2v) is 9.97. The average Bonchev–Trinajstić information content (AvgIpc) is 3.37. The number of pyridine rings is 1. The molecule has 1 aliphatic rings. The van der Waals surface area contributed by atoms with E-state index in [0.29, 0.717) is 58.2 Å². The highest BCUT2D eigenvalue weighted by atomic mass is 19.1. The Kier molecular flexibility index (Phi) is 7.07. The Labute approximate surface area is 239 Å². The summed E-state index contributed by atoms with van der Waals surface area (Å²) in [7, 11) is 1.80. The molecule has 0 bridgehead atoms. The van der Waals surface area contributed by atoms with Crippen molar-refractivity contribution in [2.45, 2.75) is 25.6 Å². The molecule has 2 N–H and O–H groups in total. The number of nitrogens with zero attached hydrogens (tertiary/aromatic N) is 7. The topological polar surface area (TPSA) is 123 Å². The Morgan fingerprint density at radius 3 is 2.83 bits per heavy atom. The maximum atomic E-state index is 15.6. The number of carbonyl (C=O) groups is 1. The minimum atomic E-state index is -1.29. The van der Waals surface area contributed by atoms with E-state index in [4.69, 9.17) is 9.72 Å². The molecule has 4 heterocycles. The number of nitrogens with one attached hydrogen (secondary N) is 2. The van der Waals surface area contributed by atoms with Crippen molar-refractivity contribution in [3.63, 3.8) is 0 Å². The fourth-order valence-electron chi connectivity index (χ4n) is 4.93. The number of hydrogen-bond acceptors (Lipinski definition) is 9. The van der Waals surface area contributed by atoms with Crippen LogP contribution >= 0.6 is 0 Å². The zero-order chi connectivity index (χ0) is 29.4. The maximum Gasteiger partial charge on any atom is 0.243 e. The van der Waals surface area contributed by atoms with E-state index in [1.54, 1.807) is 60.0 Å². The number of fused-ring (bicyclic) bond motifs is 2. The van der Waals surface area contributed by atoms with Crippen molar-refractivity contribution in [1.82, 2.24) is 35.3 Å². The number of ether oxygens (including phenoxy) is 1. The Balaban J connectivity index is 1.22. The van der Waals surface area contributed by atoms with Crippen molar-refractivity contribution >= 4 is 45.3 Å². The SMILES string of the molecule is C=CC(=O)N[C@@H]1CCN(c2ccc3ncnc(Nc4ccc(Oc5ccc6c(c5)nnn6C)c(C)c4F)c3n2)C[C@H]1F. The molecule has 0 aliphatic carbocycles. The highest BCUT2D eigenvalue weighted by Crippen LogP contribution is 2.34. The van der Waals surface area contributed by atoms with Crippen LogP contribution in [0.25, 0.3) is 22.1 Å². The first-order valence-electron chi connectivity index (χ1n) is 13.3. The van der Waals surface area contributed by atoms with Crippen LogP contribution in [-0.2, 0) is 11.8 Å². The molecule has 6 rings (SSSR count). The molecule has 1 aliphatic heterocycles. The molecule has 1 saturated heterocycles. The third-order valence-electron chi connectivity index (χ3n) is 7.25. The Hall–Kier alpha value is -5.20. The number of amides is 1. The Bertz CT molecular complexity index is 1830. The molecule has 5 aromatic rings. The molecule has 11 nitrogen and oxygen atoms in total. The molecule has 214 valence electrons. The molecule has 1 fully saturated rings. The van der Waals surface area contributed by atoms with E-state index in [9.17, 15) is 9.18 Å². The minimum absolute atomic E-state index is 0.0517. The Morgan fingerprint density at radius 1 is 1.17 bits per heavy atom. The number of carbonyl (C=O) groups excluding carboxylic acids is 1. The van der Waals surface area contributed by atoms with Gasteiger partial charge in [-0.05, 0) is 55.8 Å². The summed E-state index contributed by atoms with van der Waals surface area (Å²) in [6, 6.07) is 11.5. The lowest BCUT2D eigenvalue weighted by Gasteiger charge is -2.35. The van der Waals surface area contributed by atoms with Crippen LogP contribution in [0.5, 0.6) is 11.5 Å². The van der Waals surface area contributed by atoms with Crippen LogP contribution in [0.2, 0.25) is 0 Å². The summed E-state index contributed by atoms with van der Waals surface area (Å²) in [5.74, 6) is 0.761. The van der Waals surface area contributed by atoms with Crippen LogP contribution in [0.3, 0.4) is 0 Å². The van der Waals surface area contributed by atoms with Crippen LogP contribution < -0.4 is 20.3 Å². The summed E-state index contributed by atoms with van der Waals surface area (Å²) in [5.41, 5.74) is 2.94. The summed E-state index contributed by atoms with van der Waals surface area (Å²) in [6.07, 6.45) is 1.61. The maximum absolute atomic E-state index is 15.6. The highest BCUT2D eigenvalue weighted by molar-refractivity contribution is 5.88. The fourth-order valence-corrected chi connectivity index (χ4v) is 4.93. The van der Waals surface area contributed by atoms with Gasteiger partial charge < -0.3 is 20.3 Å². The molecule has 3 aromatic heterocycles. The van der Waals surface area contributed by atoms with Gasteiger partial charge in [-0.2, -0.15) is 0 Å². The monoisotopic (exact) mass is 571 g/mol. The van der Waals surface area contributed by atoms with Crippen molar-refractivity contribution in [2.24, 2.45) is 7.05 Å². The van der Waals surface area contributed by atoms with Crippen LogP contribution in [0.1, 0.15) is 12.0 Å². The lowest BCUT2D eigenvalue weighted by atomic mass is 10.0. The molecule has 2 atom stereocenters. The summed E-state index contributed by atoms with van der Waals surface area (Å²) in [6.45, 7) is 5.57. The first-order chi connectivity index (χ1) is 20.3. The average molecular weight is 572 g/mol. The lowest BCUT2D eigenvalue weighted by Crippen LogP contribution is -2.52. The van der Waals surface area contributed by atoms with Crippen molar-refractivity contribution in [2.75, 3.05) is 23.3 Å². The van der Waals surface area contributed by atoms with Gasteiger partial charge in [0.15, 0.2) is 11.6 Å². The number of anilines is 3. The van der Waals surface area contributed by atoms with Gasteiger partial charge >= 0.3 is 0 Å². The molecular weight excluding hydrogens is 544 g/mol. The van der Waals surface area contributed by atoms with Gasteiger partial charge in [0.1, 0.15) is 40.8 Å². The molecule has 0 spiro atoms. The third kappa shape index (κ3) is 5.16. The molecule has 13 heteroatoms. The Morgan fingerprint density at radius 2 is 2.02 bits per heavy atom. The number of hydrogen-bond donors (Lipinski definition) is 2. The van der Waals surface area contributed by atoms with Crippen LogP contribution in [0.15, 0.2) is 61.4 Å². The number of alkyl halides is 1. The van der Waals surface area contributed by atoms with Crippen molar-refractivity contribution < 1.29 is 18.3 Å². The number of aryl methyl sites for hydroxylation is 1. The zero-order valence-electron chi connectivity index (χ0n) is 22.9. The van der Waals surface area contributed by atoms with Gasteiger partial charge in [0.05, 0.1) is 29.3 Å². The smallest absolute Gasteiger partial charge is 0.243 e. The van der Waals surface area contributed by atoms with Gasteiger partial charge in [-0.3, -0.25) is 4.79 Å². The van der Waals surface area contributed by atoms with E-state index >= 15 is 4.39 Å². The van der Waals surface area contributed by atoms with Gasteiger partial charge in [-0.15, -0.1) is 5.10 Å². The normalized spacial score (nSPS) is 16.9. The number of halogens is 2. The van der Waals surface area contributed by atoms with Crippen LogP contribution in [0.4, 0.5) is 26.1 Å². The molecule has 1 amide bonds. The lowest BCUT2D eigenvalue weighted by molar-refractivity contribution is -0.117. The first kappa shape index (κ1) is 27.0. The molecule has 0 unspecified atom stereocenters. The molecular formula is C29H27F2N9O2. The van der Waals surface area contributed by atoms with Gasteiger partial charge in [0, 0.05) is 25.2 Å². The predicted molar refractivity (Wildman–Crippen MR) is 154 cm³/mol. The largest absolute Gasteiger partial charge is 0.457 e. The van der Waals surface area contributed by atoms with Gasteiger partial charge in [-0.1, -0.05) is 11.8 Å². The van der Waals surface area contributed by atoms with Gasteiger partial charge in [-0.25, -0.2) is 28.4 Å². The van der Waals surface area contributed by atoms with E-state index in [0.717, 1.165) is 11.6 Å². The summed E-state index contributed by atoms with van der Waals surface area (Å²) >= 11 is 0. The number of rotatable bonds is 7. The fraction of sp³-hybridized carbons (Fsp3) is 0.241. The second kappa shape index (κ2) is 11.0. The van der Waals surface area contributed by atoms with Crippen LogP contribution in [0, 0.1) is 12.7 Å². The molecule has 42 heavy (non-hydrogen) atoms.